The highest BCUT2D eigenvalue weighted by molar-refractivity contribution is 5.36. The maximum atomic E-state index is 13.2. The first kappa shape index (κ1) is 19.0. The molecule has 1 aliphatic carbocycles. The van der Waals surface area contributed by atoms with E-state index in [1.807, 2.05) is 0 Å². The van der Waals surface area contributed by atoms with Gasteiger partial charge in [0.1, 0.15) is 11.6 Å². The normalized spacial score (nSPS) is 17.8. The van der Waals surface area contributed by atoms with Crippen molar-refractivity contribution in [2.75, 3.05) is 6.54 Å². The number of nitrogens with one attached hydrogen (secondary N) is 1. The summed E-state index contributed by atoms with van der Waals surface area (Å²) in [5, 5.41) is 13.8. The van der Waals surface area contributed by atoms with Crippen LogP contribution in [-0.2, 0) is 19.3 Å². The van der Waals surface area contributed by atoms with E-state index in [0.29, 0.717) is 24.9 Å². The van der Waals surface area contributed by atoms with E-state index in [0.717, 1.165) is 31.7 Å². The lowest BCUT2D eigenvalue weighted by atomic mass is 9.86. The Kier molecular flexibility index (Phi) is 6.38. The van der Waals surface area contributed by atoms with Crippen LogP contribution in [0.4, 0.5) is 8.78 Å². The van der Waals surface area contributed by atoms with Gasteiger partial charge >= 0.3 is 0 Å². The third-order valence-electron chi connectivity index (χ3n) is 5.22. The fourth-order valence-corrected chi connectivity index (χ4v) is 3.75. The molecule has 0 aliphatic heterocycles. The Balaban J connectivity index is 1.54. The highest BCUT2D eigenvalue weighted by Gasteiger charge is 2.20. The topological polar surface area (TPSA) is 32.3 Å². The first-order chi connectivity index (χ1) is 12.5. The quantitative estimate of drug-likeness (QED) is 0.763. The van der Waals surface area contributed by atoms with Gasteiger partial charge in [-0.2, -0.15) is 0 Å². The maximum absolute atomic E-state index is 13.2. The van der Waals surface area contributed by atoms with Gasteiger partial charge in [-0.25, -0.2) is 8.78 Å². The van der Waals surface area contributed by atoms with Crippen molar-refractivity contribution >= 4 is 0 Å². The molecule has 2 aromatic carbocycles. The van der Waals surface area contributed by atoms with Crippen LogP contribution in [0.3, 0.4) is 0 Å². The number of aryl methyl sites for hydroxylation is 3. The van der Waals surface area contributed by atoms with Gasteiger partial charge in [0.25, 0.3) is 0 Å². The molecule has 2 aromatic rings. The number of halogens is 2. The molecule has 0 fully saturated rings. The molecule has 0 spiro atoms. The fraction of sp³-hybridized carbons (Fsp3) is 0.455. The lowest BCUT2D eigenvalue weighted by Gasteiger charge is -2.28. The zero-order valence-corrected chi connectivity index (χ0v) is 15.3. The van der Waals surface area contributed by atoms with Crippen molar-refractivity contribution in [3.05, 3.63) is 70.3 Å². The minimum atomic E-state index is -0.571. The number of hydrogen-bond acceptors (Lipinski definition) is 2. The first-order valence-electron chi connectivity index (χ1n) is 9.53. The first-order valence-corrected chi connectivity index (χ1v) is 9.53. The number of hydrogen-bond donors (Lipinski definition) is 2. The van der Waals surface area contributed by atoms with Crippen molar-refractivity contribution in [1.82, 2.24) is 5.32 Å². The number of fused-ring (bicyclic) bond motifs is 1. The van der Waals surface area contributed by atoms with Gasteiger partial charge in [0.05, 0.1) is 6.10 Å². The summed E-state index contributed by atoms with van der Waals surface area (Å²) < 4.78 is 26.5. The Hall–Kier alpha value is -1.78. The van der Waals surface area contributed by atoms with Crippen LogP contribution in [0, 0.1) is 11.6 Å². The van der Waals surface area contributed by atoms with E-state index >= 15 is 0 Å². The Morgan fingerprint density at radius 1 is 1.12 bits per heavy atom. The molecule has 0 bridgehead atoms. The van der Waals surface area contributed by atoms with Crippen LogP contribution in [0.1, 0.15) is 54.5 Å². The van der Waals surface area contributed by atoms with Crippen LogP contribution < -0.4 is 5.32 Å². The number of benzene rings is 2. The molecule has 1 aliphatic rings. The number of rotatable bonds is 7. The van der Waals surface area contributed by atoms with E-state index in [1.54, 1.807) is 0 Å². The number of aliphatic hydroxyl groups excluding tert-OH is 1. The van der Waals surface area contributed by atoms with Crippen LogP contribution in [0.5, 0.6) is 0 Å². The van der Waals surface area contributed by atoms with Gasteiger partial charge in [-0.3, -0.25) is 0 Å². The molecular formula is C22H27F2NO. The minimum Gasteiger partial charge on any atom is -0.392 e. The van der Waals surface area contributed by atoms with Crippen molar-refractivity contribution in [3.8, 4) is 0 Å². The summed E-state index contributed by atoms with van der Waals surface area (Å²) in [6, 6.07) is 10.5. The van der Waals surface area contributed by atoms with E-state index in [9.17, 15) is 13.9 Å². The summed E-state index contributed by atoms with van der Waals surface area (Å²) in [5.74, 6) is -1.14. The third-order valence-corrected chi connectivity index (χ3v) is 5.22. The van der Waals surface area contributed by atoms with E-state index in [4.69, 9.17) is 0 Å². The molecule has 2 nitrogen and oxygen atoms in total. The molecule has 0 amide bonds. The van der Waals surface area contributed by atoms with E-state index in [2.05, 4.69) is 30.4 Å². The van der Waals surface area contributed by atoms with E-state index in [-0.39, 0.29) is 6.04 Å². The Labute approximate surface area is 154 Å². The van der Waals surface area contributed by atoms with Crippen LogP contribution in [0.2, 0.25) is 0 Å². The SMILES string of the molecule is CCc1ccc2c(c1)[C@@H](NC[C@@H](O)CCc1cc(F)cc(F)c1)CCC2. The van der Waals surface area contributed by atoms with Crippen molar-refractivity contribution in [3.63, 3.8) is 0 Å². The summed E-state index contributed by atoms with van der Waals surface area (Å²) in [5.41, 5.74) is 4.67. The zero-order valence-electron chi connectivity index (χ0n) is 15.3. The molecule has 0 unspecified atom stereocenters. The van der Waals surface area contributed by atoms with Crippen molar-refractivity contribution in [2.24, 2.45) is 0 Å². The smallest absolute Gasteiger partial charge is 0.126 e. The Morgan fingerprint density at radius 2 is 1.88 bits per heavy atom. The molecule has 0 radical (unpaired) electrons. The van der Waals surface area contributed by atoms with Crippen molar-refractivity contribution < 1.29 is 13.9 Å². The standard InChI is InChI=1S/C22H27F2NO/c1-2-15-6-8-17-4-3-5-22(21(17)12-15)25-14-20(26)9-7-16-10-18(23)13-19(24)11-16/h6,8,10-13,20,22,25-26H,2-5,7,9,14H2,1H3/t20-,22-/m0/s1. The van der Waals surface area contributed by atoms with Gasteiger partial charge in [0, 0.05) is 18.7 Å². The number of aliphatic hydroxyl groups is 1. The zero-order chi connectivity index (χ0) is 18.5. The molecule has 2 atom stereocenters. The summed E-state index contributed by atoms with van der Waals surface area (Å²) in [7, 11) is 0. The molecule has 4 heteroatoms. The Bertz CT molecular complexity index is 727. The predicted molar refractivity (Wildman–Crippen MR) is 100 cm³/mol. The minimum absolute atomic E-state index is 0.270. The molecule has 0 saturated heterocycles. The lowest BCUT2D eigenvalue weighted by Crippen LogP contribution is -2.32. The van der Waals surface area contributed by atoms with Gasteiger partial charge in [-0.05, 0) is 72.9 Å². The molecule has 140 valence electrons. The van der Waals surface area contributed by atoms with Crippen molar-refractivity contribution in [1.29, 1.82) is 0 Å². The summed E-state index contributed by atoms with van der Waals surface area (Å²) in [4.78, 5) is 0. The summed E-state index contributed by atoms with van der Waals surface area (Å²) in [6.45, 7) is 2.64. The Morgan fingerprint density at radius 3 is 2.62 bits per heavy atom. The second-order valence-electron chi connectivity index (χ2n) is 7.21. The van der Waals surface area contributed by atoms with Gasteiger partial charge in [0.15, 0.2) is 0 Å². The molecule has 2 N–H and O–H groups in total. The monoisotopic (exact) mass is 359 g/mol. The third kappa shape index (κ3) is 4.89. The average Bonchev–Trinajstić information content (AvgIpc) is 2.63. The molecule has 0 aromatic heterocycles. The van der Waals surface area contributed by atoms with E-state index in [1.165, 1.54) is 28.8 Å². The van der Waals surface area contributed by atoms with Gasteiger partial charge < -0.3 is 10.4 Å². The molecular weight excluding hydrogens is 332 g/mol. The highest BCUT2D eigenvalue weighted by Crippen LogP contribution is 2.30. The maximum Gasteiger partial charge on any atom is 0.126 e. The van der Waals surface area contributed by atoms with Crippen molar-refractivity contribution in [2.45, 2.75) is 57.6 Å². The fourth-order valence-electron chi connectivity index (χ4n) is 3.75. The second kappa shape index (κ2) is 8.74. The second-order valence-corrected chi connectivity index (χ2v) is 7.21. The van der Waals surface area contributed by atoms with Crippen LogP contribution in [-0.4, -0.2) is 17.8 Å². The van der Waals surface area contributed by atoms with Gasteiger partial charge in [-0.1, -0.05) is 25.1 Å². The lowest BCUT2D eigenvalue weighted by molar-refractivity contribution is 0.156. The molecule has 26 heavy (non-hydrogen) atoms. The van der Waals surface area contributed by atoms with Crippen LogP contribution in [0.25, 0.3) is 0 Å². The van der Waals surface area contributed by atoms with Crippen LogP contribution in [0.15, 0.2) is 36.4 Å². The van der Waals surface area contributed by atoms with Gasteiger partial charge in [0.2, 0.25) is 0 Å². The average molecular weight is 359 g/mol. The summed E-state index contributed by atoms with van der Waals surface area (Å²) >= 11 is 0. The largest absolute Gasteiger partial charge is 0.392 e. The van der Waals surface area contributed by atoms with Gasteiger partial charge in [-0.15, -0.1) is 0 Å². The van der Waals surface area contributed by atoms with Crippen LogP contribution >= 0.6 is 0 Å². The summed E-state index contributed by atoms with van der Waals surface area (Å²) in [6.07, 6.45) is 4.75. The molecule has 3 rings (SSSR count). The predicted octanol–water partition coefficient (Wildman–Crippen LogP) is 4.49. The molecule has 0 saturated carbocycles. The van der Waals surface area contributed by atoms with E-state index < -0.39 is 17.7 Å². The highest BCUT2D eigenvalue weighted by atomic mass is 19.1. The molecule has 0 heterocycles.